The quantitative estimate of drug-likeness (QED) is 0.468. The van der Waals surface area contributed by atoms with Crippen molar-refractivity contribution in [3.05, 3.63) is 22.8 Å². The van der Waals surface area contributed by atoms with Crippen LogP contribution in [0, 0.1) is 34.5 Å². The largest absolute Gasteiger partial charge is 0.393 e. The first-order valence-corrected chi connectivity index (χ1v) is 12.8. The average molecular weight is 399 g/mol. The molecule has 6 atom stereocenters. The summed E-state index contributed by atoms with van der Waals surface area (Å²) in [5.74, 6) is 3.25. The molecule has 29 heavy (non-hydrogen) atoms. The normalized spacial score (nSPS) is 42.7. The van der Waals surface area contributed by atoms with Gasteiger partial charge in [-0.25, -0.2) is 0 Å². The van der Waals surface area contributed by atoms with Gasteiger partial charge in [0, 0.05) is 0 Å². The summed E-state index contributed by atoms with van der Waals surface area (Å²) in [6.07, 6.45) is 18.1. The third-order valence-corrected chi connectivity index (χ3v) is 10.3. The van der Waals surface area contributed by atoms with E-state index in [1.54, 1.807) is 5.57 Å². The lowest BCUT2D eigenvalue weighted by Crippen LogP contribution is -2.45. The van der Waals surface area contributed by atoms with Crippen molar-refractivity contribution in [1.29, 1.82) is 0 Å². The van der Waals surface area contributed by atoms with Crippen LogP contribution in [0.15, 0.2) is 22.8 Å². The van der Waals surface area contributed by atoms with Crippen molar-refractivity contribution in [2.24, 2.45) is 34.5 Å². The molecule has 0 saturated heterocycles. The van der Waals surface area contributed by atoms with E-state index in [0.29, 0.717) is 16.7 Å². The van der Waals surface area contributed by atoms with Crippen LogP contribution < -0.4 is 0 Å². The molecule has 0 aliphatic heterocycles. The zero-order valence-electron chi connectivity index (χ0n) is 19.9. The monoisotopic (exact) mass is 398 g/mol. The van der Waals surface area contributed by atoms with E-state index in [2.05, 4.69) is 40.7 Å². The van der Waals surface area contributed by atoms with Crippen LogP contribution in [0.4, 0.5) is 0 Å². The van der Waals surface area contributed by atoms with Crippen LogP contribution in [0.2, 0.25) is 0 Å². The molecule has 4 aliphatic carbocycles. The second-order valence-corrected chi connectivity index (χ2v) is 11.8. The number of rotatable bonds is 5. The molecular formula is C28H46O. The predicted molar refractivity (Wildman–Crippen MR) is 124 cm³/mol. The maximum atomic E-state index is 10.2. The van der Waals surface area contributed by atoms with E-state index in [1.165, 1.54) is 64.2 Å². The topological polar surface area (TPSA) is 20.2 Å². The zero-order chi connectivity index (χ0) is 20.8. The Morgan fingerprint density at radius 3 is 2.62 bits per heavy atom. The molecule has 2 fully saturated rings. The summed E-state index contributed by atoms with van der Waals surface area (Å²) in [7, 11) is 0. The number of fused-ring (bicyclic) bond motifs is 4. The van der Waals surface area contributed by atoms with Gasteiger partial charge in [0.15, 0.2) is 0 Å². The molecule has 2 saturated carbocycles. The van der Waals surface area contributed by atoms with Gasteiger partial charge in [0.2, 0.25) is 0 Å². The summed E-state index contributed by atoms with van der Waals surface area (Å²) in [6.45, 7) is 12.1. The van der Waals surface area contributed by atoms with E-state index in [9.17, 15) is 5.11 Å². The van der Waals surface area contributed by atoms with Crippen molar-refractivity contribution in [3.63, 3.8) is 0 Å². The smallest absolute Gasteiger partial charge is 0.0543 e. The van der Waals surface area contributed by atoms with E-state index in [0.717, 1.165) is 30.6 Å². The highest BCUT2D eigenvalue weighted by Gasteiger charge is 2.54. The van der Waals surface area contributed by atoms with Gasteiger partial charge >= 0.3 is 0 Å². The maximum Gasteiger partial charge on any atom is 0.0543 e. The molecular weight excluding hydrogens is 352 g/mol. The van der Waals surface area contributed by atoms with Gasteiger partial charge in [-0.15, -0.1) is 0 Å². The fraction of sp³-hybridized carbons (Fsp3) is 0.857. The molecule has 0 heterocycles. The predicted octanol–water partition coefficient (Wildman–Crippen LogP) is 7.84. The fourth-order valence-electron chi connectivity index (χ4n) is 8.34. The highest BCUT2D eigenvalue weighted by Crippen LogP contribution is 2.65. The zero-order valence-corrected chi connectivity index (χ0v) is 19.9. The van der Waals surface area contributed by atoms with Crippen LogP contribution in [0.25, 0.3) is 0 Å². The molecule has 0 aromatic heterocycles. The first-order chi connectivity index (χ1) is 13.8. The van der Waals surface area contributed by atoms with Crippen molar-refractivity contribution >= 4 is 0 Å². The maximum absolute atomic E-state index is 10.2. The van der Waals surface area contributed by atoms with E-state index in [4.69, 9.17) is 0 Å². The van der Waals surface area contributed by atoms with Gasteiger partial charge in [-0.1, -0.05) is 50.5 Å². The van der Waals surface area contributed by atoms with Gasteiger partial charge in [0.1, 0.15) is 0 Å². The molecule has 0 aromatic rings. The van der Waals surface area contributed by atoms with Crippen LogP contribution in [0.5, 0.6) is 0 Å². The Hall–Kier alpha value is -0.560. The molecule has 1 heteroatoms. The molecule has 0 unspecified atom stereocenters. The third kappa shape index (κ3) is 3.68. The molecule has 0 spiro atoms. The van der Waals surface area contributed by atoms with Crippen LogP contribution in [0.3, 0.4) is 0 Å². The minimum atomic E-state index is -0.0344. The molecule has 1 N–H and O–H groups in total. The first-order valence-electron chi connectivity index (χ1n) is 12.8. The van der Waals surface area contributed by atoms with E-state index >= 15 is 0 Å². The Bertz CT molecular complexity index is 670. The molecule has 1 nitrogen and oxygen atoms in total. The van der Waals surface area contributed by atoms with Crippen molar-refractivity contribution in [3.8, 4) is 0 Å². The van der Waals surface area contributed by atoms with Crippen molar-refractivity contribution in [2.75, 3.05) is 0 Å². The van der Waals surface area contributed by atoms with Gasteiger partial charge < -0.3 is 5.11 Å². The summed E-state index contributed by atoms with van der Waals surface area (Å²) in [4.78, 5) is 0. The lowest BCUT2D eigenvalue weighted by molar-refractivity contribution is 0.0155. The summed E-state index contributed by atoms with van der Waals surface area (Å²) in [5, 5.41) is 10.2. The number of hydrogen-bond donors (Lipinski definition) is 1. The van der Waals surface area contributed by atoms with Crippen LogP contribution in [-0.4, -0.2) is 11.2 Å². The van der Waals surface area contributed by atoms with Crippen molar-refractivity contribution < 1.29 is 5.11 Å². The Morgan fingerprint density at radius 2 is 1.90 bits per heavy atom. The lowest BCUT2D eigenvalue weighted by Gasteiger charge is -2.54. The Labute approximate surface area is 180 Å². The van der Waals surface area contributed by atoms with Gasteiger partial charge in [0.05, 0.1) is 6.10 Å². The van der Waals surface area contributed by atoms with E-state index in [-0.39, 0.29) is 6.10 Å². The summed E-state index contributed by atoms with van der Waals surface area (Å²) in [5.41, 5.74) is 6.41. The van der Waals surface area contributed by atoms with Crippen LogP contribution >= 0.6 is 0 Å². The SMILES string of the molecule is C/C=C(/CCC[C@H]1CC[C@H]2C3=C(CC[C@]12C)[C@@]1(C)CC[C@H](O)C[C@@H]1CC3)C(C)C. The Balaban J connectivity index is 1.48. The molecule has 0 aromatic carbocycles. The number of hydrogen-bond acceptors (Lipinski definition) is 1. The Morgan fingerprint density at radius 1 is 1.10 bits per heavy atom. The first kappa shape index (κ1) is 21.7. The number of aliphatic hydroxyl groups excluding tert-OH is 1. The second-order valence-electron chi connectivity index (χ2n) is 11.8. The minimum Gasteiger partial charge on any atom is -0.393 e. The van der Waals surface area contributed by atoms with Crippen LogP contribution in [0.1, 0.15) is 112 Å². The number of aliphatic hydroxyl groups is 1. The minimum absolute atomic E-state index is 0.0344. The highest BCUT2D eigenvalue weighted by molar-refractivity contribution is 5.34. The summed E-state index contributed by atoms with van der Waals surface area (Å²) in [6, 6.07) is 0. The van der Waals surface area contributed by atoms with Crippen LogP contribution in [-0.2, 0) is 0 Å². The molecule has 0 bridgehead atoms. The molecule has 4 aliphatic rings. The molecule has 0 amide bonds. The van der Waals surface area contributed by atoms with Gasteiger partial charge in [-0.2, -0.15) is 0 Å². The molecule has 164 valence electrons. The Kier molecular flexibility index (Phi) is 6.11. The van der Waals surface area contributed by atoms with Gasteiger partial charge in [0.25, 0.3) is 0 Å². The van der Waals surface area contributed by atoms with Crippen molar-refractivity contribution in [1.82, 2.24) is 0 Å². The third-order valence-electron chi connectivity index (χ3n) is 10.3. The number of allylic oxidation sites excluding steroid dienone is 4. The standard InChI is InChI=1S/C28H46O/c1-6-20(19(2)3)8-7-9-21-11-13-25-24-12-10-22-18-23(29)14-16-28(22,5)26(24)15-17-27(21,25)4/h6,19,21-23,25,29H,7-18H2,1-5H3/b20-6-/t21-,22-,23-,25-,27+,28-/m0/s1. The summed E-state index contributed by atoms with van der Waals surface area (Å²) >= 11 is 0. The fourth-order valence-corrected chi connectivity index (χ4v) is 8.34. The second kappa shape index (κ2) is 8.18. The molecule has 4 rings (SSSR count). The van der Waals surface area contributed by atoms with E-state index < -0.39 is 0 Å². The van der Waals surface area contributed by atoms with Gasteiger partial charge in [-0.05, 0) is 118 Å². The van der Waals surface area contributed by atoms with Gasteiger partial charge in [-0.3, -0.25) is 0 Å². The molecule has 0 radical (unpaired) electrons. The lowest BCUT2D eigenvalue weighted by atomic mass is 9.51. The average Bonchev–Trinajstić information content (AvgIpc) is 3.02. The van der Waals surface area contributed by atoms with E-state index in [1.807, 2.05) is 11.1 Å². The van der Waals surface area contributed by atoms with Crippen molar-refractivity contribution in [2.45, 2.75) is 118 Å². The highest BCUT2D eigenvalue weighted by atomic mass is 16.3. The summed E-state index contributed by atoms with van der Waals surface area (Å²) < 4.78 is 0.